The highest BCUT2D eigenvalue weighted by Crippen LogP contribution is 2.24. The summed E-state index contributed by atoms with van der Waals surface area (Å²) in [4.78, 5) is 2.56. The summed E-state index contributed by atoms with van der Waals surface area (Å²) in [7, 11) is 3.80. The summed E-state index contributed by atoms with van der Waals surface area (Å²) in [5.41, 5.74) is 2.62. The van der Waals surface area contributed by atoms with Gasteiger partial charge in [-0.25, -0.2) is 0 Å². The molecule has 19 heavy (non-hydrogen) atoms. The highest BCUT2D eigenvalue weighted by Gasteiger charge is 2.20. The van der Waals surface area contributed by atoms with Crippen LogP contribution in [-0.2, 0) is 6.54 Å². The molecule has 1 fully saturated rings. The molecule has 1 aliphatic rings. The van der Waals surface area contributed by atoms with Crippen LogP contribution in [0.5, 0.6) is 5.75 Å². The second-order valence-corrected chi connectivity index (χ2v) is 5.62. The number of hydrogen-bond donors (Lipinski definition) is 1. The number of nitrogens with one attached hydrogen (secondary N) is 1. The quantitative estimate of drug-likeness (QED) is 0.882. The predicted octanol–water partition coefficient (Wildman–Crippen LogP) is 2.44. The lowest BCUT2D eigenvalue weighted by Crippen LogP contribution is -2.38. The van der Waals surface area contributed by atoms with Gasteiger partial charge in [0.2, 0.25) is 0 Å². The first-order valence-electron chi connectivity index (χ1n) is 7.23. The van der Waals surface area contributed by atoms with E-state index in [-0.39, 0.29) is 0 Å². The Morgan fingerprint density at radius 2 is 2.26 bits per heavy atom. The first-order valence-corrected chi connectivity index (χ1v) is 7.23. The second kappa shape index (κ2) is 6.92. The molecule has 1 unspecified atom stereocenters. The standard InChI is InChI=1S/C16H26N2O/c1-13-6-7-16(19-3)15(9-13)12-18-8-4-5-14(11-18)10-17-2/h6-7,9,14,17H,4-5,8,10-12H2,1-3H3. The number of benzene rings is 1. The van der Waals surface area contributed by atoms with Crippen LogP contribution in [0.25, 0.3) is 0 Å². The number of ether oxygens (including phenoxy) is 1. The highest BCUT2D eigenvalue weighted by atomic mass is 16.5. The molecule has 0 bridgehead atoms. The number of methoxy groups -OCH3 is 1. The Balaban J connectivity index is 2.01. The minimum absolute atomic E-state index is 0.787. The largest absolute Gasteiger partial charge is 0.496 e. The van der Waals surface area contributed by atoms with Crippen LogP contribution in [0.4, 0.5) is 0 Å². The summed E-state index contributed by atoms with van der Waals surface area (Å²) >= 11 is 0. The number of rotatable bonds is 5. The van der Waals surface area contributed by atoms with Crippen molar-refractivity contribution in [1.82, 2.24) is 10.2 Å². The van der Waals surface area contributed by atoms with Crippen LogP contribution in [0, 0.1) is 12.8 Å². The smallest absolute Gasteiger partial charge is 0.123 e. The monoisotopic (exact) mass is 262 g/mol. The maximum atomic E-state index is 5.48. The van der Waals surface area contributed by atoms with E-state index in [2.05, 4.69) is 35.3 Å². The molecule has 1 saturated heterocycles. The maximum absolute atomic E-state index is 5.48. The van der Waals surface area contributed by atoms with Gasteiger partial charge in [0, 0.05) is 18.7 Å². The first-order chi connectivity index (χ1) is 9.22. The van der Waals surface area contributed by atoms with E-state index >= 15 is 0 Å². The normalized spacial score (nSPS) is 20.5. The molecule has 106 valence electrons. The third-order valence-corrected chi connectivity index (χ3v) is 3.93. The molecule has 1 atom stereocenters. The molecule has 3 nitrogen and oxygen atoms in total. The summed E-state index contributed by atoms with van der Waals surface area (Å²) in [5, 5.41) is 3.30. The van der Waals surface area contributed by atoms with Crippen LogP contribution in [0.2, 0.25) is 0 Å². The van der Waals surface area contributed by atoms with Crippen LogP contribution in [0.3, 0.4) is 0 Å². The third kappa shape index (κ3) is 3.95. The van der Waals surface area contributed by atoms with E-state index in [9.17, 15) is 0 Å². The zero-order chi connectivity index (χ0) is 13.7. The van der Waals surface area contributed by atoms with Gasteiger partial charge >= 0.3 is 0 Å². The molecule has 0 spiro atoms. The fraction of sp³-hybridized carbons (Fsp3) is 0.625. The molecule has 1 aliphatic heterocycles. The second-order valence-electron chi connectivity index (χ2n) is 5.62. The fourth-order valence-corrected chi connectivity index (χ4v) is 3.02. The SMILES string of the molecule is CNCC1CCCN(Cc2cc(C)ccc2OC)C1. The molecule has 1 aromatic carbocycles. The first kappa shape index (κ1) is 14.4. The lowest BCUT2D eigenvalue weighted by Gasteiger charge is -2.33. The van der Waals surface area contributed by atoms with E-state index in [1.54, 1.807) is 7.11 Å². The minimum Gasteiger partial charge on any atom is -0.496 e. The summed E-state index contributed by atoms with van der Waals surface area (Å²) < 4.78 is 5.48. The highest BCUT2D eigenvalue weighted by molar-refractivity contribution is 5.36. The molecule has 1 heterocycles. The minimum atomic E-state index is 0.787. The van der Waals surface area contributed by atoms with Gasteiger partial charge in [-0.15, -0.1) is 0 Å². The topological polar surface area (TPSA) is 24.5 Å². The van der Waals surface area contributed by atoms with E-state index in [1.807, 2.05) is 7.05 Å². The zero-order valence-electron chi connectivity index (χ0n) is 12.4. The van der Waals surface area contributed by atoms with E-state index in [1.165, 1.54) is 37.1 Å². The Bertz CT molecular complexity index is 404. The molecule has 0 aromatic heterocycles. The number of aryl methyl sites for hydroxylation is 1. The number of nitrogens with zero attached hydrogens (tertiary/aromatic N) is 1. The van der Waals surface area contributed by atoms with Crippen LogP contribution in [0.1, 0.15) is 24.0 Å². The summed E-state index contributed by atoms with van der Waals surface area (Å²) in [6.45, 7) is 6.67. The van der Waals surface area contributed by atoms with Crippen LogP contribution < -0.4 is 10.1 Å². The van der Waals surface area contributed by atoms with Gasteiger partial charge < -0.3 is 10.1 Å². The number of likely N-dealkylation sites (tertiary alicyclic amines) is 1. The van der Waals surface area contributed by atoms with E-state index in [4.69, 9.17) is 4.74 Å². The van der Waals surface area contributed by atoms with Gasteiger partial charge in [-0.1, -0.05) is 17.7 Å². The predicted molar refractivity (Wildman–Crippen MR) is 79.7 cm³/mol. The number of hydrogen-bond acceptors (Lipinski definition) is 3. The molecular formula is C16H26N2O. The summed E-state index contributed by atoms with van der Waals surface area (Å²) in [5.74, 6) is 1.80. The van der Waals surface area contributed by atoms with Crippen molar-refractivity contribution in [3.63, 3.8) is 0 Å². The van der Waals surface area contributed by atoms with Gasteiger partial charge in [0.15, 0.2) is 0 Å². The molecule has 0 radical (unpaired) electrons. The van der Waals surface area contributed by atoms with Crippen molar-refractivity contribution in [2.45, 2.75) is 26.3 Å². The van der Waals surface area contributed by atoms with Crippen LogP contribution in [-0.4, -0.2) is 38.7 Å². The van der Waals surface area contributed by atoms with Gasteiger partial charge in [-0.3, -0.25) is 4.90 Å². The van der Waals surface area contributed by atoms with Crippen molar-refractivity contribution >= 4 is 0 Å². The van der Waals surface area contributed by atoms with Crippen LogP contribution >= 0.6 is 0 Å². The summed E-state index contributed by atoms with van der Waals surface area (Å²) in [6, 6.07) is 6.45. The summed E-state index contributed by atoms with van der Waals surface area (Å²) in [6.07, 6.45) is 2.66. The Kier molecular flexibility index (Phi) is 5.23. The average molecular weight is 262 g/mol. The van der Waals surface area contributed by atoms with Gasteiger partial charge in [0.05, 0.1) is 7.11 Å². The molecule has 1 aromatic rings. The lowest BCUT2D eigenvalue weighted by molar-refractivity contribution is 0.165. The van der Waals surface area contributed by atoms with E-state index in [0.717, 1.165) is 24.8 Å². The van der Waals surface area contributed by atoms with Gasteiger partial charge in [0.25, 0.3) is 0 Å². The van der Waals surface area contributed by atoms with Gasteiger partial charge in [0.1, 0.15) is 5.75 Å². The van der Waals surface area contributed by atoms with Crippen LogP contribution in [0.15, 0.2) is 18.2 Å². The third-order valence-electron chi connectivity index (χ3n) is 3.93. The van der Waals surface area contributed by atoms with Crippen molar-refractivity contribution in [3.8, 4) is 5.75 Å². The Morgan fingerprint density at radius 3 is 3.00 bits per heavy atom. The van der Waals surface area contributed by atoms with E-state index in [0.29, 0.717) is 0 Å². The fourth-order valence-electron chi connectivity index (χ4n) is 3.02. The van der Waals surface area contributed by atoms with E-state index < -0.39 is 0 Å². The average Bonchev–Trinajstić information content (AvgIpc) is 2.40. The molecule has 0 aliphatic carbocycles. The number of piperidine rings is 1. The van der Waals surface area contributed by atoms with Crippen molar-refractivity contribution in [3.05, 3.63) is 29.3 Å². The van der Waals surface area contributed by atoms with Crippen molar-refractivity contribution in [1.29, 1.82) is 0 Å². The molecule has 0 saturated carbocycles. The molecule has 3 heteroatoms. The Labute approximate surface area is 116 Å². The molecule has 1 N–H and O–H groups in total. The molecule has 0 amide bonds. The van der Waals surface area contributed by atoms with Crippen molar-refractivity contribution < 1.29 is 4.74 Å². The van der Waals surface area contributed by atoms with Crippen molar-refractivity contribution in [2.24, 2.45) is 5.92 Å². The van der Waals surface area contributed by atoms with Gasteiger partial charge in [-0.2, -0.15) is 0 Å². The van der Waals surface area contributed by atoms with Crippen molar-refractivity contribution in [2.75, 3.05) is 33.8 Å². The molecular weight excluding hydrogens is 236 g/mol. The Morgan fingerprint density at radius 1 is 1.42 bits per heavy atom. The van der Waals surface area contributed by atoms with Gasteiger partial charge in [-0.05, 0) is 51.9 Å². The lowest BCUT2D eigenvalue weighted by atomic mass is 9.97. The maximum Gasteiger partial charge on any atom is 0.123 e. The molecule has 2 rings (SSSR count). The Hall–Kier alpha value is -1.06. The zero-order valence-corrected chi connectivity index (χ0v) is 12.4.